The lowest BCUT2D eigenvalue weighted by Crippen LogP contribution is -2.14. The Morgan fingerprint density at radius 1 is 0.479 bits per heavy atom. The lowest BCUT2D eigenvalue weighted by Gasteiger charge is -2.21. The summed E-state index contributed by atoms with van der Waals surface area (Å²) in [7, 11) is 0. The quantitative estimate of drug-likeness (QED) is 0.176. The first-order chi connectivity index (χ1) is 26.5. The van der Waals surface area contributed by atoms with Crippen molar-refractivity contribution in [1.29, 1.82) is 0 Å². The van der Waals surface area contributed by atoms with Gasteiger partial charge in [-0.25, -0.2) is 0 Å². The van der Waals surface area contributed by atoms with E-state index in [9.17, 15) is 1.37 Å². The number of benzene rings is 9. The average molecular weight is 618 g/mol. The van der Waals surface area contributed by atoms with Crippen molar-refractivity contribution < 1.29 is 14.0 Å². The first-order valence-electron chi connectivity index (χ1n) is 19.8. The number of rotatable bonds is 2. The van der Waals surface area contributed by atoms with Gasteiger partial charge in [0, 0.05) is 16.2 Å². The zero-order chi connectivity index (χ0) is 37.8. The summed E-state index contributed by atoms with van der Waals surface area (Å²) in [5, 5.41) is 7.88. The molecule has 0 N–H and O–H groups in total. The van der Waals surface area contributed by atoms with E-state index >= 15 is 0 Å². The molecule has 10 aromatic rings. The SMILES string of the molecule is [2H]c1c([2H])c([2H])c2c([2H])c(-c3ccc4ccc5c(-c6cccc7oc8cc9c(cc8c67)C(C)(C)c6ccccc6-9)ccc6ccc3c4c65)c([2H])c([2H])c2c1[2H]. The van der Waals surface area contributed by atoms with Gasteiger partial charge in [-0.3, -0.25) is 0 Å². The standard InChI is InChI=1S/C47H30O/c1-47(2)40-12-6-5-10-34(40)38-26-43-39(25-41(38)47)46-35(11-7-13-42(46)48-43)33-21-17-29-18-22-36-32(20-16-28-19-23-37(33)45(29)44(28)36)31-15-14-27-8-3-4-9-30(27)24-31/h3-26H,1-2H3/i3D,4D,8D,9D,14D,15D,24D. The van der Waals surface area contributed by atoms with E-state index in [1.165, 1.54) is 22.3 Å². The summed E-state index contributed by atoms with van der Waals surface area (Å²) >= 11 is 0. The van der Waals surface area contributed by atoms with Gasteiger partial charge in [-0.15, -0.1) is 0 Å². The van der Waals surface area contributed by atoms with Crippen molar-refractivity contribution in [3.63, 3.8) is 0 Å². The Morgan fingerprint density at radius 2 is 1.19 bits per heavy atom. The summed E-state index contributed by atoms with van der Waals surface area (Å²) in [5.41, 5.74) is 9.43. The van der Waals surface area contributed by atoms with Gasteiger partial charge >= 0.3 is 0 Å². The average Bonchev–Trinajstić information content (AvgIpc) is 3.67. The second kappa shape index (κ2) is 9.12. The van der Waals surface area contributed by atoms with Gasteiger partial charge in [0.25, 0.3) is 0 Å². The Labute approximate surface area is 287 Å². The summed E-state index contributed by atoms with van der Waals surface area (Å²) in [6, 6.07) is 33.4. The van der Waals surface area contributed by atoms with Gasteiger partial charge in [0.15, 0.2) is 0 Å². The predicted molar refractivity (Wildman–Crippen MR) is 203 cm³/mol. The minimum atomic E-state index is -0.478. The first-order valence-corrected chi connectivity index (χ1v) is 16.3. The highest BCUT2D eigenvalue weighted by Crippen LogP contribution is 2.52. The van der Waals surface area contributed by atoms with Crippen LogP contribution in [0.4, 0.5) is 0 Å². The minimum absolute atomic E-state index is 0.0478. The van der Waals surface area contributed by atoms with Crippen LogP contribution >= 0.6 is 0 Å². The highest BCUT2D eigenvalue weighted by molar-refractivity contribution is 6.29. The molecule has 11 rings (SSSR count). The van der Waals surface area contributed by atoms with E-state index < -0.39 is 18.1 Å². The van der Waals surface area contributed by atoms with Crippen LogP contribution < -0.4 is 0 Å². The van der Waals surface area contributed by atoms with Crippen molar-refractivity contribution in [2.45, 2.75) is 19.3 Å². The van der Waals surface area contributed by atoms with Crippen LogP contribution in [0, 0.1) is 0 Å². The second-order valence-electron chi connectivity index (χ2n) is 13.5. The predicted octanol–water partition coefficient (Wildman–Crippen LogP) is 13.3. The van der Waals surface area contributed by atoms with Crippen LogP contribution in [0.25, 0.3) is 98.4 Å². The second-order valence-corrected chi connectivity index (χ2v) is 13.5. The van der Waals surface area contributed by atoms with E-state index in [0.717, 1.165) is 65.4 Å². The Balaban J connectivity index is 1.18. The van der Waals surface area contributed by atoms with E-state index in [2.05, 4.69) is 86.6 Å². The molecule has 0 amide bonds. The molecule has 0 radical (unpaired) electrons. The van der Waals surface area contributed by atoms with Gasteiger partial charge in [0.2, 0.25) is 0 Å². The van der Waals surface area contributed by atoms with E-state index in [-0.39, 0.29) is 45.9 Å². The molecule has 0 bridgehead atoms. The largest absolute Gasteiger partial charge is 0.456 e. The highest BCUT2D eigenvalue weighted by atomic mass is 16.3. The maximum absolute atomic E-state index is 9.28. The fourth-order valence-corrected chi connectivity index (χ4v) is 8.41. The third-order valence-electron chi connectivity index (χ3n) is 10.7. The van der Waals surface area contributed by atoms with E-state index in [4.69, 9.17) is 12.6 Å². The minimum Gasteiger partial charge on any atom is -0.456 e. The fraction of sp³-hybridized carbons (Fsp3) is 0.0638. The van der Waals surface area contributed by atoms with Crippen molar-refractivity contribution in [2.75, 3.05) is 0 Å². The topological polar surface area (TPSA) is 13.1 Å². The summed E-state index contributed by atoms with van der Waals surface area (Å²) < 4.78 is 67.5. The normalized spacial score (nSPS) is 15.8. The van der Waals surface area contributed by atoms with Crippen LogP contribution in [-0.2, 0) is 5.41 Å². The van der Waals surface area contributed by atoms with Crippen LogP contribution in [0.15, 0.2) is 150 Å². The van der Waals surface area contributed by atoms with E-state index in [0.29, 0.717) is 5.56 Å². The van der Waals surface area contributed by atoms with Gasteiger partial charge in [-0.05, 0) is 112 Å². The molecule has 1 heterocycles. The zero-order valence-corrected chi connectivity index (χ0v) is 26.2. The van der Waals surface area contributed by atoms with Gasteiger partial charge < -0.3 is 4.42 Å². The Hall–Kier alpha value is -5.92. The van der Waals surface area contributed by atoms with Crippen LogP contribution in [-0.4, -0.2) is 0 Å². The zero-order valence-electron chi connectivity index (χ0n) is 33.2. The summed E-state index contributed by atoms with van der Waals surface area (Å²) in [4.78, 5) is 0. The molecule has 0 saturated carbocycles. The molecule has 0 aliphatic heterocycles. The van der Waals surface area contributed by atoms with Gasteiger partial charge in [0.05, 0.1) is 9.60 Å². The molecule has 1 nitrogen and oxygen atoms in total. The molecule has 1 aromatic heterocycles. The fourth-order valence-electron chi connectivity index (χ4n) is 8.41. The maximum Gasteiger partial charge on any atom is 0.136 e. The Morgan fingerprint density at radius 3 is 2.02 bits per heavy atom. The smallest absolute Gasteiger partial charge is 0.136 e. The van der Waals surface area contributed by atoms with E-state index in [1.54, 1.807) is 0 Å². The van der Waals surface area contributed by atoms with Gasteiger partial charge in [-0.2, -0.15) is 0 Å². The molecule has 1 heteroatoms. The molecule has 1 aliphatic carbocycles. The van der Waals surface area contributed by atoms with E-state index in [1.807, 2.05) is 30.3 Å². The first kappa shape index (κ1) is 20.3. The summed E-state index contributed by atoms with van der Waals surface area (Å²) in [5.74, 6) is 0. The van der Waals surface area contributed by atoms with Crippen molar-refractivity contribution >= 4 is 65.0 Å². The van der Waals surface area contributed by atoms with Crippen molar-refractivity contribution in [3.8, 4) is 33.4 Å². The molecule has 0 unspecified atom stereocenters. The molecule has 0 fully saturated rings. The number of hydrogen-bond acceptors (Lipinski definition) is 1. The van der Waals surface area contributed by atoms with Crippen LogP contribution in [0.3, 0.4) is 0 Å². The van der Waals surface area contributed by atoms with Crippen molar-refractivity contribution in [3.05, 3.63) is 157 Å². The molecule has 9 aromatic carbocycles. The monoisotopic (exact) mass is 617 g/mol. The lowest BCUT2D eigenvalue weighted by molar-refractivity contribution is 0.658. The third kappa shape index (κ3) is 3.35. The molecular weight excluding hydrogens is 581 g/mol. The Kier molecular flexibility index (Phi) is 3.86. The summed E-state index contributed by atoms with van der Waals surface area (Å²) in [6.07, 6.45) is 0. The highest BCUT2D eigenvalue weighted by Gasteiger charge is 2.36. The Bertz CT molecular complexity index is 3380. The number of furan rings is 1. The molecule has 1 aliphatic rings. The number of hydrogen-bond donors (Lipinski definition) is 0. The molecule has 0 spiro atoms. The molecular formula is C47H30O. The number of fused-ring (bicyclic) bond motifs is 7. The van der Waals surface area contributed by atoms with Crippen molar-refractivity contribution in [2.24, 2.45) is 0 Å². The summed E-state index contributed by atoms with van der Waals surface area (Å²) in [6.45, 7) is 4.58. The van der Waals surface area contributed by atoms with Gasteiger partial charge in [0.1, 0.15) is 11.2 Å². The third-order valence-corrected chi connectivity index (χ3v) is 10.7. The lowest BCUT2D eigenvalue weighted by atomic mass is 9.82. The molecule has 224 valence electrons. The maximum atomic E-state index is 9.28. The van der Waals surface area contributed by atoms with Crippen LogP contribution in [0.2, 0.25) is 0 Å². The molecule has 48 heavy (non-hydrogen) atoms. The van der Waals surface area contributed by atoms with Crippen molar-refractivity contribution in [1.82, 2.24) is 0 Å². The molecule has 0 atom stereocenters. The molecule has 0 saturated heterocycles. The van der Waals surface area contributed by atoms with Crippen LogP contribution in [0.5, 0.6) is 0 Å². The van der Waals surface area contributed by atoms with Gasteiger partial charge in [-0.1, -0.05) is 135 Å². The van der Waals surface area contributed by atoms with Crippen LogP contribution in [0.1, 0.15) is 34.6 Å².